The van der Waals surface area contributed by atoms with Gasteiger partial charge in [0.2, 0.25) is 11.7 Å². The number of nitrogens with zero attached hydrogens (tertiary/aromatic N) is 3. The maximum atomic E-state index is 13.8. The average Bonchev–Trinajstić information content (AvgIpc) is 4.00. The Morgan fingerprint density at radius 1 is 1.12 bits per heavy atom. The third kappa shape index (κ3) is 7.60. The molecule has 280 valence electrons. The Morgan fingerprint density at radius 2 is 1.87 bits per heavy atom. The van der Waals surface area contributed by atoms with Crippen molar-refractivity contribution in [3.8, 4) is 17.2 Å². The van der Waals surface area contributed by atoms with E-state index in [-0.39, 0.29) is 55.1 Å². The normalized spacial score (nSPS) is 26.7. The van der Waals surface area contributed by atoms with Crippen LogP contribution in [0.15, 0.2) is 71.9 Å². The quantitative estimate of drug-likeness (QED) is 0.0725. The van der Waals surface area contributed by atoms with E-state index in [1.54, 1.807) is 29.2 Å². The van der Waals surface area contributed by atoms with E-state index >= 15 is 0 Å². The highest BCUT2D eigenvalue weighted by Gasteiger charge is 2.65. The van der Waals surface area contributed by atoms with E-state index < -0.39 is 22.7 Å². The maximum Gasteiger partial charge on any atom is 0.273 e. The Hall–Kier alpha value is -4.26. The Balaban J connectivity index is 1.55. The van der Waals surface area contributed by atoms with Gasteiger partial charge in [-0.05, 0) is 87.1 Å². The minimum absolute atomic E-state index is 0.0284. The van der Waals surface area contributed by atoms with Crippen LogP contribution in [0.25, 0.3) is 0 Å². The van der Waals surface area contributed by atoms with Crippen LogP contribution in [0.1, 0.15) is 76.2 Å². The summed E-state index contributed by atoms with van der Waals surface area (Å²) in [5.74, 6) is -0.258. The molecule has 1 amide bonds. The van der Waals surface area contributed by atoms with Gasteiger partial charge in [0, 0.05) is 50.1 Å². The summed E-state index contributed by atoms with van der Waals surface area (Å²) in [6.45, 7) is 6.62. The van der Waals surface area contributed by atoms with E-state index in [2.05, 4.69) is 17.8 Å². The molecule has 2 aromatic rings. The number of amides is 1. The van der Waals surface area contributed by atoms with Gasteiger partial charge in [-0.3, -0.25) is 14.9 Å². The van der Waals surface area contributed by atoms with Gasteiger partial charge in [-0.1, -0.05) is 36.2 Å². The van der Waals surface area contributed by atoms with Gasteiger partial charge < -0.3 is 34.2 Å². The first-order valence-corrected chi connectivity index (χ1v) is 18.7. The molecule has 3 aliphatic carbocycles. The Labute approximate surface area is 305 Å². The van der Waals surface area contributed by atoms with Crippen LogP contribution in [-0.2, 0) is 14.4 Å². The van der Waals surface area contributed by atoms with Crippen LogP contribution >= 0.6 is 0 Å². The summed E-state index contributed by atoms with van der Waals surface area (Å²) in [5.41, 5.74) is 2.56. The van der Waals surface area contributed by atoms with Crippen molar-refractivity contribution in [2.45, 2.75) is 82.5 Å². The number of aliphatic hydroxyl groups excluding tert-OH is 2. The number of carbonyl (C=O) groups excluding carboxylic acids is 1. The van der Waals surface area contributed by atoms with E-state index in [1.165, 1.54) is 12.1 Å². The molecular weight excluding hydrogens is 666 g/mol. The molecule has 0 aromatic heterocycles. The highest BCUT2D eigenvalue weighted by atomic mass is 16.7. The highest BCUT2D eigenvalue weighted by Crippen LogP contribution is 2.62. The molecule has 6 atom stereocenters. The molecule has 12 nitrogen and oxygen atoms in total. The van der Waals surface area contributed by atoms with E-state index in [1.807, 2.05) is 26.1 Å². The zero-order valence-corrected chi connectivity index (χ0v) is 30.2. The third-order valence-electron chi connectivity index (χ3n) is 11.0. The first kappa shape index (κ1) is 37.5. The number of likely N-dealkylation sites (N-methyl/N-ethyl adjacent to an activating group) is 1. The maximum absolute atomic E-state index is 13.8. The van der Waals surface area contributed by atoms with E-state index in [4.69, 9.17) is 19.0 Å². The van der Waals surface area contributed by atoms with Crippen molar-refractivity contribution in [1.29, 1.82) is 0 Å². The van der Waals surface area contributed by atoms with Crippen molar-refractivity contribution in [1.82, 2.24) is 4.90 Å². The fourth-order valence-corrected chi connectivity index (χ4v) is 8.50. The van der Waals surface area contributed by atoms with Gasteiger partial charge in [0.05, 0.1) is 29.2 Å². The molecule has 4 aliphatic rings. The molecule has 6 rings (SSSR count). The number of benzene rings is 2. The molecule has 0 saturated heterocycles. The minimum atomic E-state index is -1.30. The van der Waals surface area contributed by atoms with Gasteiger partial charge in [-0.25, -0.2) is 0 Å². The Bertz CT molecular complexity index is 1670. The van der Waals surface area contributed by atoms with Crippen LogP contribution in [0.3, 0.4) is 0 Å². The zero-order valence-electron chi connectivity index (χ0n) is 30.2. The van der Waals surface area contributed by atoms with Gasteiger partial charge in [0.1, 0.15) is 29.9 Å². The number of unbranched alkanes of at least 4 members (excludes halogenated alkanes) is 2. The lowest BCUT2D eigenvalue weighted by Gasteiger charge is -2.59. The molecule has 2 aromatic carbocycles. The fourth-order valence-electron chi connectivity index (χ4n) is 8.50. The van der Waals surface area contributed by atoms with Crippen molar-refractivity contribution in [3.05, 3.63) is 82.4 Å². The number of rotatable bonds is 18. The summed E-state index contributed by atoms with van der Waals surface area (Å²) in [4.78, 5) is 32.4. The number of carbonyl (C=O) groups is 1. The van der Waals surface area contributed by atoms with Crippen molar-refractivity contribution in [2.24, 2.45) is 28.8 Å². The van der Waals surface area contributed by atoms with E-state index in [9.17, 15) is 25.1 Å². The number of hydrogen-bond acceptors (Lipinski definition) is 10. The monoisotopic (exact) mass is 717 g/mol. The Morgan fingerprint density at radius 3 is 2.56 bits per heavy atom. The molecule has 2 saturated carbocycles. The second kappa shape index (κ2) is 16.6. The molecule has 0 radical (unpaired) electrons. The van der Waals surface area contributed by atoms with Gasteiger partial charge in [-0.15, -0.1) is 6.58 Å². The number of non-ortho nitro benzene ring substituents is 1. The standard InChI is InChI=1S/C40H51N3O9/c1-4-21-49-40-36(42(3)39(46)26-15-16-26)25-34(41-50-5-2)32-22-27(11-6-8-19-44)31(14-7-9-20-45)37(38(32)40)33-24-30(17-18-35(33)52-40)51-29-13-10-12-28(23-29)43(47)48/h4,10,12-13,17-18,22-24,26-27,31,36-38,44-45H,1,5-9,11,14-16,19-21,25H2,2-3H3. The summed E-state index contributed by atoms with van der Waals surface area (Å²) in [5, 5.41) is 35.7. The predicted molar refractivity (Wildman–Crippen MR) is 195 cm³/mol. The molecular formula is C40H51N3O9. The van der Waals surface area contributed by atoms with Crippen LogP contribution in [-0.4, -0.2) is 77.0 Å². The van der Waals surface area contributed by atoms with Gasteiger partial charge in [0.15, 0.2) is 0 Å². The summed E-state index contributed by atoms with van der Waals surface area (Å²) >= 11 is 0. The summed E-state index contributed by atoms with van der Waals surface area (Å²) in [6.07, 6.45) is 10.7. The SMILES string of the molecule is C=CCOC12Oc3ccc(Oc4cccc([N+](=O)[O-])c4)cc3C3C(CCCCO)C(CCCCO)C=C(C(=NOCC)CC1N(C)C(=O)C1CC1)C32. The van der Waals surface area contributed by atoms with Crippen molar-refractivity contribution < 1.29 is 39.0 Å². The van der Waals surface area contributed by atoms with Crippen LogP contribution < -0.4 is 9.47 Å². The number of aliphatic hydroxyl groups is 2. The van der Waals surface area contributed by atoms with Crippen molar-refractivity contribution >= 4 is 17.3 Å². The summed E-state index contributed by atoms with van der Waals surface area (Å²) in [7, 11) is 1.83. The zero-order chi connectivity index (χ0) is 36.8. The molecule has 0 spiro atoms. The number of hydrogen-bond donors (Lipinski definition) is 2. The summed E-state index contributed by atoms with van der Waals surface area (Å²) < 4.78 is 20.3. The molecule has 6 unspecified atom stereocenters. The lowest BCUT2D eigenvalue weighted by Crippen LogP contribution is -2.69. The van der Waals surface area contributed by atoms with Crippen LogP contribution in [0.4, 0.5) is 5.69 Å². The lowest BCUT2D eigenvalue weighted by molar-refractivity contribution is -0.384. The highest BCUT2D eigenvalue weighted by molar-refractivity contribution is 6.03. The van der Waals surface area contributed by atoms with E-state index in [0.29, 0.717) is 43.1 Å². The second-order valence-corrected chi connectivity index (χ2v) is 14.3. The number of fused-ring (bicyclic) bond motifs is 2. The van der Waals surface area contributed by atoms with E-state index in [0.717, 1.165) is 55.4 Å². The largest absolute Gasteiger partial charge is 0.459 e. The van der Waals surface area contributed by atoms with Crippen LogP contribution in [0.5, 0.6) is 17.2 Å². The van der Waals surface area contributed by atoms with Gasteiger partial charge in [0.25, 0.3) is 5.69 Å². The molecule has 52 heavy (non-hydrogen) atoms. The number of nitro groups is 1. The van der Waals surface area contributed by atoms with Crippen LogP contribution in [0.2, 0.25) is 0 Å². The van der Waals surface area contributed by atoms with Crippen molar-refractivity contribution in [2.75, 3.05) is 33.5 Å². The molecule has 0 bridgehead atoms. The topological polar surface area (TPSA) is 153 Å². The number of oxime groups is 1. The van der Waals surface area contributed by atoms with Gasteiger partial charge in [-0.2, -0.15) is 0 Å². The molecule has 1 aliphatic heterocycles. The smallest absolute Gasteiger partial charge is 0.273 e. The Kier molecular flexibility index (Phi) is 12.0. The fraction of sp³-hybridized carbons (Fsp3) is 0.550. The average molecular weight is 718 g/mol. The molecule has 2 fully saturated rings. The summed E-state index contributed by atoms with van der Waals surface area (Å²) in [6, 6.07) is 11.2. The molecule has 1 heterocycles. The number of ether oxygens (including phenoxy) is 3. The lowest BCUT2D eigenvalue weighted by atomic mass is 9.55. The second-order valence-electron chi connectivity index (χ2n) is 14.3. The van der Waals surface area contributed by atoms with Crippen molar-refractivity contribution in [3.63, 3.8) is 0 Å². The third-order valence-corrected chi connectivity index (χ3v) is 11.0. The van der Waals surface area contributed by atoms with Crippen LogP contribution in [0, 0.1) is 33.8 Å². The van der Waals surface area contributed by atoms with Gasteiger partial charge >= 0.3 is 0 Å². The number of allylic oxidation sites excluding steroid dienone is 1. The molecule has 2 N–H and O–H groups in total. The predicted octanol–water partition coefficient (Wildman–Crippen LogP) is 6.91. The first-order valence-electron chi connectivity index (χ1n) is 18.7. The molecule has 12 heteroatoms. The minimum Gasteiger partial charge on any atom is -0.459 e. The first-order chi connectivity index (χ1) is 25.3. The number of nitro benzene ring substituents is 1.